The molecule has 0 aliphatic carbocycles. The number of nitrogens with two attached hydrogens (primary N) is 1. The molecule has 6 heteroatoms. The third-order valence-electron chi connectivity index (χ3n) is 2.30. The molecule has 0 aliphatic rings. The Labute approximate surface area is 111 Å². The van der Waals surface area contributed by atoms with Crippen LogP contribution in [-0.4, -0.2) is 37.1 Å². The fourth-order valence-corrected chi connectivity index (χ4v) is 2.19. The maximum atomic E-state index is 8.84. The molecule has 1 aromatic rings. The summed E-state index contributed by atoms with van der Waals surface area (Å²) in [6.07, 6.45) is 1.81. The second-order valence-electron chi connectivity index (χ2n) is 3.70. The largest absolute Gasteiger partial charge is 0.488 e. The average Bonchev–Trinajstić information content (AvgIpc) is 2.37. The van der Waals surface area contributed by atoms with Gasteiger partial charge in [-0.05, 0) is 25.3 Å². The monoisotopic (exact) mass is 270 g/mol. The number of methoxy groups -OCH3 is 1. The molecule has 0 aliphatic heterocycles. The SMILES string of the molecule is COCC(C)Oc1cccc(SC)c1/C(N)=N/O. The first kappa shape index (κ1) is 14.7. The van der Waals surface area contributed by atoms with Crippen molar-refractivity contribution in [3.8, 4) is 5.75 Å². The lowest BCUT2D eigenvalue weighted by atomic mass is 10.2. The number of amidine groups is 1. The van der Waals surface area contributed by atoms with Gasteiger partial charge in [0.2, 0.25) is 0 Å². The van der Waals surface area contributed by atoms with Crippen LogP contribution in [0.4, 0.5) is 0 Å². The standard InChI is InChI=1S/C12H18N2O3S/c1-8(7-16-2)17-9-5-4-6-10(18-3)11(9)12(13)14-15/h4-6,8,15H,7H2,1-3H3,(H2,13,14). The second-order valence-corrected chi connectivity index (χ2v) is 4.55. The zero-order chi connectivity index (χ0) is 13.5. The number of oxime groups is 1. The van der Waals surface area contributed by atoms with Crippen molar-refractivity contribution >= 4 is 17.6 Å². The summed E-state index contributed by atoms with van der Waals surface area (Å²) in [7, 11) is 1.61. The van der Waals surface area contributed by atoms with Crippen LogP contribution in [-0.2, 0) is 4.74 Å². The minimum Gasteiger partial charge on any atom is -0.488 e. The van der Waals surface area contributed by atoms with Crippen LogP contribution in [0.1, 0.15) is 12.5 Å². The number of hydrogen-bond donors (Lipinski definition) is 2. The van der Waals surface area contributed by atoms with Gasteiger partial charge in [0.15, 0.2) is 5.84 Å². The Morgan fingerprint density at radius 1 is 1.56 bits per heavy atom. The van der Waals surface area contributed by atoms with Crippen LogP contribution in [0.5, 0.6) is 5.75 Å². The zero-order valence-electron chi connectivity index (χ0n) is 10.7. The third-order valence-corrected chi connectivity index (χ3v) is 3.08. The fourth-order valence-electron chi connectivity index (χ4n) is 1.57. The predicted octanol–water partition coefficient (Wildman–Crippen LogP) is 1.92. The first-order valence-electron chi connectivity index (χ1n) is 5.44. The van der Waals surface area contributed by atoms with Crippen LogP contribution in [0.25, 0.3) is 0 Å². The van der Waals surface area contributed by atoms with Gasteiger partial charge < -0.3 is 20.4 Å². The molecule has 3 N–H and O–H groups in total. The van der Waals surface area contributed by atoms with Gasteiger partial charge in [-0.2, -0.15) is 0 Å². The van der Waals surface area contributed by atoms with E-state index >= 15 is 0 Å². The van der Waals surface area contributed by atoms with Gasteiger partial charge >= 0.3 is 0 Å². The third kappa shape index (κ3) is 3.54. The summed E-state index contributed by atoms with van der Waals surface area (Å²) in [5.41, 5.74) is 6.30. The number of thioether (sulfide) groups is 1. The molecule has 5 nitrogen and oxygen atoms in total. The van der Waals surface area contributed by atoms with Gasteiger partial charge in [-0.1, -0.05) is 11.2 Å². The molecule has 0 amide bonds. The van der Waals surface area contributed by atoms with E-state index in [1.807, 2.05) is 25.3 Å². The number of rotatable bonds is 6. The Kier molecular flexibility index (Phi) is 5.80. The predicted molar refractivity (Wildman–Crippen MR) is 72.7 cm³/mol. The molecule has 1 atom stereocenters. The lowest BCUT2D eigenvalue weighted by molar-refractivity contribution is 0.0918. The van der Waals surface area contributed by atoms with E-state index < -0.39 is 0 Å². The van der Waals surface area contributed by atoms with E-state index in [1.54, 1.807) is 13.2 Å². The van der Waals surface area contributed by atoms with Crippen molar-refractivity contribution in [3.63, 3.8) is 0 Å². The van der Waals surface area contributed by atoms with Crippen molar-refractivity contribution in [1.29, 1.82) is 0 Å². The summed E-state index contributed by atoms with van der Waals surface area (Å²) < 4.78 is 10.8. The molecule has 100 valence electrons. The number of benzene rings is 1. The van der Waals surface area contributed by atoms with Crippen molar-refractivity contribution in [2.45, 2.75) is 17.9 Å². The van der Waals surface area contributed by atoms with Crippen LogP contribution in [0.3, 0.4) is 0 Å². The van der Waals surface area contributed by atoms with Crippen LogP contribution in [0, 0.1) is 0 Å². The Hall–Kier alpha value is -1.40. The van der Waals surface area contributed by atoms with E-state index in [4.69, 9.17) is 20.4 Å². The molecule has 0 fully saturated rings. The smallest absolute Gasteiger partial charge is 0.174 e. The highest BCUT2D eigenvalue weighted by Gasteiger charge is 2.15. The van der Waals surface area contributed by atoms with E-state index in [-0.39, 0.29) is 11.9 Å². The number of hydrogen-bond acceptors (Lipinski definition) is 5. The summed E-state index contributed by atoms with van der Waals surface area (Å²) in [5, 5.41) is 11.9. The normalized spacial score (nSPS) is 13.4. The second kappa shape index (κ2) is 7.13. The minimum atomic E-state index is -0.114. The van der Waals surface area contributed by atoms with Crippen LogP contribution in [0.15, 0.2) is 28.3 Å². The molecule has 1 aromatic carbocycles. The van der Waals surface area contributed by atoms with Gasteiger partial charge in [0.1, 0.15) is 11.9 Å². The summed E-state index contributed by atoms with van der Waals surface area (Å²) in [6, 6.07) is 5.56. The van der Waals surface area contributed by atoms with Crippen molar-refractivity contribution in [2.24, 2.45) is 10.9 Å². The van der Waals surface area contributed by atoms with Crippen LogP contribution < -0.4 is 10.5 Å². The maximum absolute atomic E-state index is 8.84. The van der Waals surface area contributed by atoms with Gasteiger partial charge in [-0.15, -0.1) is 11.8 Å². The highest BCUT2D eigenvalue weighted by Crippen LogP contribution is 2.29. The van der Waals surface area contributed by atoms with Crippen LogP contribution >= 0.6 is 11.8 Å². The quantitative estimate of drug-likeness (QED) is 0.271. The molecular formula is C12H18N2O3S. The lowest BCUT2D eigenvalue weighted by Gasteiger charge is -2.18. The van der Waals surface area contributed by atoms with E-state index in [1.165, 1.54) is 11.8 Å². The van der Waals surface area contributed by atoms with Crippen molar-refractivity contribution in [3.05, 3.63) is 23.8 Å². The molecule has 0 saturated carbocycles. The molecule has 0 aromatic heterocycles. The maximum Gasteiger partial charge on any atom is 0.174 e. The summed E-state index contributed by atoms with van der Waals surface area (Å²) in [5.74, 6) is 0.626. The van der Waals surface area contributed by atoms with Gasteiger partial charge in [0.05, 0.1) is 12.2 Å². The van der Waals surface area contributed by atoms with E-state index in [0.29, 0.717) is 17.9 Å². The summed E-state index contributed by atoms with van der Waals surface area (Å²) in [4.78, 5) is 0.896. The first-order valence-corrected chi connectivity index (χ1v) is 6.67. The molecular weight excluding hydrogens is 252 g/mol. The molecule has 1 unspecified atom stereocenters. The Bertz CT molecular complexity index is 424. The zero-order valence-corrected chi connectivity index (χ0v) is 11.5. The van der Waals surface area contributed by atoms with Gasteiger partial charge in [-0.25, -0.2) is 0 Å². The van der Waals surface area contributed by atoms with Gasteiger partial charge in [-0.3, -0.25) is 0 Å². The molecule has 18 heavy (non-hydrogen) atoms. The van der Waals surface area contributed by atoms with Gasteiger partial charge in [0, 0.05) is 12.0 Å². The molecule has 0 spiro atoms. The molecule has 0 radical (unpaired) electrons. The van der Waals surface area contributed by atoms with E-state index in [0.717, 1.165) is 4.90 Å². The van der Waals surface area contributed by atoms with Crippen molar-refractivity contribution < 1.29 is 14.7 Å². The first-order chi connectivity index (χ1) is 8.63. The average molecular weight is 270 g/mol. The van der Waals surface area contributed by atoms with Crippen molar-refractivity contribution in [2.75, 3.05) is 20.0 Å². The molecule has 1 rings (SSSR count). The minimum absolute atomic E-state index is 0.0413. The number of ether oxygens (including phenoxy) is 2. The highest BCUT2D eigenvalue weighted by molar-refractivity contribution is 7.98. The summed E-state index contributed by atoms with van der Waals surface area (Å²) >= 11 is 1.51. The number of nitrogens with zero attached hydrogens (tertiary/aromatic N) is 1. The Morgan fingerprint density at radius 3 is 2.83 bits per heavy atom. The Balaban J connectivity index is 3.10. The summed E-state index contributed by atoms with van der Waals surface area (Å²) in [6.45, 7) is 2.37. The highest BCUT2D eigenvalue weighted by atomic mass is 32.2. The Morgan fingerprint density at radius 2 is 2.28 bits per heavy atom. The fraction of sp³-hybridized carbons (Fsp3) is 0.417. The van der Waals surface area contributed by atoms with E-state index in [2.05, 4.69) is 5.16 Å². The van der Waals surface area contributed by atoms with Crippen LogP contribution in [0.2, 0.25) is 0 Å². The lowest BCUT2D eigenvalue weighted by Crippen LogP contribution is -2.22. The molecule has 0 heterocycles. The van der Waals surface area contributed by atoms with Gasteiger partial charge in [0.25, 0.3) is 0 Å². The topological polar surface area (TPSA) is 77.1 Å². The van der Waals surface area contributed by atoms with Crippen molar-refractivity contribution in [1.82, 2.24) is 0 Å². The molecule has 0 saturated heterocycles. The molecule has 0 bridgehead atoms. The van der Waals surface area contributed by atoms with E-state index in [9.17, 15) is 0 Å².